The third kappa shape index (κ3) is 4.47. The van der Waals surface area contributed by atoms with Crippen LogP contribution in [0.4, 0.5) is 0 Å². The molecule has 1 aromatic carbocycles. The van der Waals surface area contributed by atoms with Gasteiger partial charge in [-0.1, -0.05) is 19.1 Å². The van der Waals surface area contributed by atoms with Gasteiger partial charge < -0.3 is 9.84 Å². The number of hydrogen-bond acceptors (Lipinski definition) is 4. The zero-order valence-electron chi connectivity index (χ0n) is 11.2. The summed E-state index contributed by atoms with van der Waals surface area (Å²) in [6, 6.07) is 7.32. The lowest BCUT2D eigenvalue weighted by atomic mass is 10.1. The lowest BCUT2D eigenvalue weighted by molar-refractivity contribution is 0.0600. The van der Waals surface area contributed by atoms with Crippen molar-refractivity contribution in [1.82, 2.24) is 4.90 Å². The van der Waals surface area contributed by atoms with E-state index in [4.69, 9.17) is 0 Å². The van der Waals surface area contributed by atoms with Gasteiger partial charge in [-0.05, 0) is 31.2 Å². The second-order valence-corrected chi connectivity index (χ2v) is 4.45. The lowest BCUT2D eigenvalue weighted by Crippen LogP contribution is -2.28. The van der Waals surface area contributed by atoms with Crippen molar-refractivity contribution in [3.63, 3.8) is 0 Å². The maximum absolute atomic E-state index is 11.3. The van der Waals surface area contributed by atoms with Gasteiger partial charge in [0.15, 0.2) is 0 Å². The topological polar surface area (TPSA) is 49.8 Å². The second kappa shape index (κ2) is 7.13. The van der Waals surface area contributed by atoms with Crippen LogP contribution >= 0.6 is 0 Å². The molecule has 0 bridgehead atoms. The number of benzene rings is 1. The molecule has 0 saturated heterocycles. The van der Waals surface area contributed by atoms with E-state index in [0.717, 1.165) is 18.5 Å². The van der Waals surface area contributed by atoms with Crippen LogP contribution in [0.5, 0.6) is 0 Å². The molecule has 4 heteroatoms. The smallest absolute Gasteiger partial charge is 0.337 e. The van der Waals surface area contributed by atoms with Crippen molar-refractivity contribution in [2.75, 3.05) is 20.7 Å². The molecule has 0 radical (unpaired) electrons. The minimum absolute atomic E-state index is 0.288. The molecule has 1 N–H and O–H groups in total. The molecule has 0 aliphatic rings. The minimum atomic E-state index is -0.323. The van der Waals surface area contributed by atoms with E-state index in [-0.39, 0.29) is 12.1 Å². The summed E-state index contributed by atoms with van der Waals surface area (Å²) < 4.78 is 4.64. The van der Waals surface area contributed by atoms with Crippen LogP contribution in [0.15, 0.2) is 24.3 Å². The van der Waals surface area contributed by atoms with Gasteiger partial charge in [0, 0.05) is 13.1 Å². The number of hydrogen-bond donors (Lipinski definition) is 1. The molecule has 0 spiro atoms. The van der Waals surface area contributed by atoms with Crippen LogP contribution in [-0.4, -0.2) is 42.8 Å². The summed E-state index contributed by atoms with van der Waals surface area (Å²) in [6.07, 6.45) is 0.468. The molecule has 0 saturated carbocycles. The predicted molar refractivity (Wildman–Crippen MR) is 70.4 cm³/mol. The Morgan fingerprint density at radius 3 is 2.50 bits per heavy atom. The summed E-state index contributed by atoms with van der Waals surface area (Å²) in [4.78, 5) is 13.3. The molecular weight excluding hydrogens is 230 g/mol. The molecule has 4 nitrogen and oxygen atoms in total. The van der Waals surface area contributed by atoms with Crippen molar-refractivity contribution in [2.24, 2.45) is 0 Å². The lowest BCUT2D eigenvalue weighted by Gasteiger charge is -2.19. The number of methoxy groups -OCH3 is 1. The van der Waals surface area contributed by atoms with Crippen LogP contribution in [0, 0.1) is 0 Å². The standard InChI is InChI=1S/C14H21NO3/c1-4-13(16)10-15(2)9-11-5-7-12(8-6-11)14(17)18-3/h5-8,13,16H,4,9-10H2,1-3H3/t13-/m1/s1. The van der Waals surface area contributed by atoms with E-state index in [2.05, 4.69) is 9.64 Å². The first-order chi connectivity index (χ1) is 8.56. The van der Waals surface area contributed by atoms with Gasteiger partial charge in [-0.15, -0.1) is 0 Å². The SMILES string of the molecule is CC[C@@H](O)CN(C)Cc1ccc(C(=O)OC)cc1. The van der Waals surface area contributed by atoms with E-state index >= 15 is 0 Å². The molecule has 0 aliphatic heterocycles. The van der Waals surface area contributed by atoms with Crippen LogP contribution in [0.3, 0.4) is 0 Å². The number of esters is 1. The Balaban J connectivity index is 2.55. The van der Waals surface area contributed by atoms with Gasteiger partial charge in [-0.3, -0.25) is 4.90 Å². The maximum atomic E-state index is 11.3. The number of carbonyl (C=O) groups is 1. The van der Waals surface area contributed by atoms with Crippen molar-refractivity contribution in [3.05, 3.63) is 35.4 Å². The predicted octanol–water partition coefficient (Wildman–Crippen LogP) is 1.68. The summed E-state index contributed by atoms with van der Waals surface area (Å²) in [7, 11) is 3.34. The number of carbonyl (C=O) groups excluding carboxylic acids is 1. The molecule has 100 valence electrons. The van der Waals surface area contributed by atoms with Crippen molar-refractivity contribution >= 4 is 5.97 Å². The highest BCUT2D eigenvalue weighted by atomic mass is 16.5. The molecule has 1 rings (SSSR count). The summed E-state index contributed by atoms with van der Waals surface area (Å²) in [6.45, 7) is 3.36. The van der Waals surface area contributed by atoms with Gasteiger partial charge in [0.05, 0.1) is 18.8 Å². The van der Waals surface area contributed by atoms with Crippen molar-refractivity contribution in [2.45, 2.75) is 26.0 Å². The fourth-order valence-electron chi connectivity index (χ4n) is 1.73. The average Bonchev–Trinajstić information content (AvgIpc) is 2.38. The first kappa shape index (κ1) is 14.7. The highest BCUT2D eigenvalue weighted by molar-refractivity contribution is 5.89. The first-order valence-corrected chi connectivity index (χ1v) is 6.10. The summed E-state index contributed by atoms with van der Waals surface area (Å²) in [5.41, 5.74) is 1.66. The summed E-state index contributed by atoms with van der Waals surface area (Å²) in [5, 5.41) is 9.55. The van der Waals surface area contributed by atoms with E-state index < -0.39 is 0 Å². The van der Waals surface area contributed by atoms with Gasteiger partial charge in [0.1, 0.15) is 0 Å². The number of aliphatic hydroxyl groups excluding tert-OH is 1. The first-order valence-electron chi connectivity index (χ1n) is 6.10. The van der Waals surface area contributed by atoms with E-state index in [1.807, 2.05) is 26.1 Å². The monoisotopic (exact) mass is 251 g/mol. The normalized spacial score (nSPS) is 12.5. The molecule has 1 atom stereocenters. The van der Waals surface area contributed by atoms with Crippen molar-refractivity contribution < 1.29 is 14.6 Å². The van der Waals surface area contributed by atoms with E-state index in [9.17, 15) is 9.90 Å². The molecule has 0 heterocycles. The third-order valence-electron chi connectivity index (χ3n) is 2.82. The molecule has 0 aliphatic carbocycles. The van der Waals surface area contributed by atoms with Gasteiger partial charge in [-0.25, -0.2) is 4.79 Å². The zero-order chi connectivity index (χ0) is 13.5. The molecule has 18 heavy (non-hydrogen) atoms. The van der Waals surface area contributed by atoms with Crippen LogP contribution in [0.2, 0.25) is 0 Å². The largest absolute Gasteiger partial charge is 0.465 e. The highest BCUT2D eigenvalue weighted by Crippen LogP contribution is 2.08. The quantitative estimate of drug-likeness (QED) is 0.781. The summed E-state index contributed by atoms with van der Waals surface area (Å²) >= 11 is 0. The Hall–Kier alpha value is -1.39. The number of ether oxygens (including phenoxy) is 1. The van der Waals surface area contributed by atoms with E-state index in [1.165, 1.54) is 7.11 Å². The molecule has 1 aromatic rings. The molecule has 0 fully saturated rings. The molecule has 0 aromatic heterocycles. The van der Waals surface area contributed by atoms with Crippen LogP contribution in [-0.2, 0) is 11.3 Å². The average molecular weight is 251 g/mol. The minimum Gasteiger partial charge on any atom is -0.465 e. The molecule has 0 unspecified atom stereocenters. The van der Waals surface area contributed by atoms with Crippen molar-refractivity contribution in [3.8, 4) is 0 Å². The van der Waals surface area contributed by atoms with E-state index in [0.29, 0.717) is 12.1 Å². The number of nitrogens with zero attached hydrogens (tertiary/aromatic N) is 1. The van der Waals surface area contributed by atoms with Crippen LogP contribution in [0.25, 0.3) is 0 Å². The Kier molecular flexibility index (Phi) is 5.82. The molecular formula is C14H21NO3. The van der Waals surface area contributed by atoms with Gasteiger partial charge in [-0.2, -0.15) is 0 Å². The number of aliphatic hydroxyl groups is 1. The highest BCUT2D eigenvalue weighted by Gasteiger charge is 2.08. The van der Waals surface area contributed by atoms with Gasteiger partial charge in [0.25, 0.3) is 0 Å². The fourth-order valence-corrected chi connectivity index (χ4v) is 1.73. The van der Waals surface area contributed by atoms with Gasteiger partial charge in [0.2, 0.25) is 0 Å². The van der Waals surface area contributed by atoms with E-state index in [1.54, 1.807) is 12.1 Å². The Labute approximate surface area is 108 Å². The van der Waals surface area contributed by atoms with Gasteiger partial charge >= 0.3 is 5.97 Å². The third-order valence-corrected chi connectivity index (χ3v) is 2.82. The van der Waals surface area contributed by atoms with Crippen LogP contribution < -0.4 is 0 Å². The Morgan fingerprint density at radius 2 is 2.00 bits per heavy atom. The number of rotatable bonds is 6. The second-order valence-electron chi connectivity index (χ2n) is 4.45. The van der Waals surface area contributed by atoms with Crippen LogP contribution in [0.1, 0.15) is 29.3 Å². The number of likely N-dealkylation sites (N-methyl/N-ethyl adjacent to an activating group) is 1. The van der Waals surface area contributed by atoms with Crippen molar-refractivity contribution in [1.29, 1.82) is 0 Å². The Bertz CT molecular complexity index is 375. The fraction of sp³-hybridized carbons (Fsp3) is 0.500. The molecule has 0 amide bonds. The maximum Gasteiger partial charge on any atom is 0.337 e. The summed E-state index contributed by atoms with van der Waals surface area (Å²) in [5.74, 6) is -0.323. The Morgan fingerprint density at radius 1 is 1.39 bits per heavy atom. The zero-order valence-corrected chi connectivity index (χ0v) is 11.2.